The SMILES string of the molecule is CCC(C#N)(CCCSCC(O)CO)NC(C)C. The van der Waals surface area contributed by atoms with Gasteiger partial charge < -0.3 is 10.2 Å². The van der Waals surface area contributed by atoms with Gasteiger partial charge in [-0.2, -0.15) is 17.0 Å². The molecule has 3 N–H and O–H groups in total. The molecule has 0 fully saturated rings. The Labute approximate surface area is 115 Å². The highest BCUT2D eigenvalue weighted by Gasteiger charge is 2.27. The van der Waals surface area contributed by atoms with E-state index in [1.54, 1.807) is 11.8 Å². The standard InChI is InChI=1S/C13H26N2O2S/c1-4-13(10-14,15-11(2)3)6-5-7-18-9-12(17)8-16/h11-12,15-17H,4-9H2,1-3H3. The Bertz CT molecular complexity index is 256. The summed E-state index contributed by atoms with van der Waals surface area (Å²) >= 11 is 1.62. The second kappa shape index (κ2) is 9.62. The van der Waals surface area contributed by atoms with E-state index in [9.17, 15) is 10.4 Å². The van der Waals surface area contributed by atoms with Crippen LogP contribution in [0.3, 0.4) is 0 Å². The minimum absolute atomic E-state index is 0.182. The molecule has 2 unspecified atom stereocenters. The van der Waals surface area contributed by atoms with Crippen molar-refractivity contribution in [2.75, 3.05) is 18.1 Å². The molecule has 0 aliphatic rings. The molecule has 0 saturated carbocycles. The number of aliphatic hydroxyl groups is 2. The monoisotopic (exact) mass is 274 g/mol. The van der Waals surface area contributed by atoms with Gasteiger partial charge in [0.15, 0.2) is 0 Å². The van der Waals surface area contributed by atoms with Crippen molar-refractivity contribution < 1.29 is 10.2 Å². The van der Waals surface area contributed by atoms with E-state index in [-0.39, 0.29) is 6.61 Å². The first-order valence-corrected chi connectivity index (χ1v) is 7.70. The number of nitrogens with zero attached hydrogens (tertiary/aromatic N) is 1. The van der Waals surface area contributed by atoms with Crippen molar-refractivity contribution in [1.29, 1.82) is 5.26 Å². The zero-order valence-corrected chi connectivity index (χ0v) is 12.5. The van der Waals surface area contributed by atoms with Gasteiger partial charge in [-0.1, -0.05) is 6.92 Å². The zero-order chi connectivity index (χ0) is 14.0. The summed E-state index contributed by atoms with van der Waals surface area (Å²) < 4.78 is 0. The fraction of sp³-hybridized carbons (Fsp3) is 0.923. The maximum Gasteiger partial charge on any atom is 0.106 e. The molecule has 0 aliphatic heterocycles. The fourth-order valence-electron chi connectivity index (χ4n) is 1.82. The van der Waals surface area contributed by atoms with E-state index in [2.05, 4.69) is 11.4 Å². The van der Waals surface area contributed by atoms with Gasteiger partial charge in [-0.05, 0) is 38.9 Å². The van der Waals surface area contributed by atoms with Gasteiger partial charge in [0.05, 0.1) is 18.8 Å². The van der Waals surface area contributed by atoms with E-state index < -0.39 is 11.6 Å². The maximum absolute atomic E-state index is 9.32. The van der Waals surface area contributed by atoms with Crippen molar-refractivity contribution in [3.05, 3.63) is 0 Å². The van der Waals surface area contributed by atoms with Crippen LogP contribution >= 0.6 is 11.8 Å². The van der Waals surface area contributed by atoms with Crippen LogP contribution in [0.1, 0.15) is 40.0 Å². The number of rotatable bonds is 10. The van der Waals surface area contributed by atoms with Crippen LogP contribution in [0.25, 0.3) is 0 Å². The summed E-state index contributed by atoms with van der Waals surface area (Å²) in [5, 5.41) is 30.5. The van der Waals surface area contributed by atoms with Crippen molar-refractivity contribution in [1.82, 2.24) is 5.32 Å². The Hall–Kier alpha value is -0.280. The molecular formula is C13H26N2O2S. The molecule has 2 atom stereocenters. The van der Waals surface area contributed by atoms with E-state index in [0.717, 1.165) is 25.0 Å². The fourth-order valence-corrected chi connectivity index (χ4v) is 2.71. The molecule has 4 nitrogen and oxygen atoms in total. The number of nitriles is 1. The first-order chi connectivity index (χ1) is 8.49. The molecule has 106 valence electrons. The van der Waals surface area contributed by atoms with E-state index in [4.69, 9.17) is 5.11 Å². The normalized spacial score (nSPS) is 16.3. The van der Waals surface area contributed by atoms with E-state index in [0.29, 0.717) is 11.8 Å². The molecule has 18 heavy (non-hydrogen) atoms. The molecule has 0 radical (unpaired) electrons. The summed E-state index contributed by atoms with van der Waals surface area (Å²) in [6, 6.07) is 2.70. The lowest BCUT2D eigenvalue weighted by molar-refractivity contribution is 0.113. The lowest BCUT2D eigenvalue weighted by Gasteiger charge is -2.29. The Balaban J connectivity index is 3.95. The van der Waals surface area contributed by atoms with Crippen molar-refractivity contribution >= 4 is 11.8 Å². The molecule has 0 aliphatic carbocycles. The van der Waals surface area contributed by atoms with E-state index >= 15 is 0 Å². The van der Waals surface area contributed by atoms with Crippen LogP contribution in [0.15, 0.2) is 0 Å². The number of hydrogen-bond donors (Lipinski definition) is 3. The Morgan fingerprint density at radius 3 is 2.56 bits per heavy atom. The zero-order valence-electron chi connectivity index (χ0n) is 11.6. The van der Waals surface area contributed by atoms with Gasteiger partial charge in [-0.15, -0.1) is 0 Å². The van der Waals surface area contributed by atoms with Crippen LogP contribution in [-0.2, 0) is 0 Å². The maximum atomic E-state index is 9.32. The molecule has 0 amide bonds. The third kappa shape index (κ3) is 7.22. The Morgan fingerprint density at radius 1 is 1.44 bits per heavy atom. The van der Waals surface area contributed by atoms with Gasteiger partial charge in [0.1, 0.15) is 5.54 Å². The van der Waals surface area contributed by atoms with Gasteiger partial charge in [0, 0.05) is 11.8 Å². The average molecular weight is 274 g/mol. The Morgan fingerprint density at radius 2 is 2.11 bits per heavy atom. The molecule has 0 aromatic heterocycles. The first kappa shape index (κ1) is 17.7. The molecule has 0 aromatic rings. The number of aliphatic hydroxyl groups excluding tert-OH is 2. The summed E-state index contributed by atoms with van der Waals surface area (Å²) in [6.07, 6.45) is 1.92. The summed E-state index contributed by atoms with van der Waals surface area (Å²) in [4.78, 5) is 0. The predicted molar refractivity (Wildman–Crippen MR) is 76.6 cm³/mol. The molecule has 5 heteroatoms. The number of hydrogen-bond acceptors (Lipinski definition) is 5. The van der Waals surface area contributed by atoms with Crippen LogP contribution in [0, 0.1) is 11.3 Å². The number of thioether (sulfide) groups is 1. The Kier molecular flexibility index (Phi) is 9.47. The highest BCUT2D eigenvalue weighted by molar-refractivity contribution is 7.99. The third-order valence-electron chi connectivity index (χ3n) is 2.80. The van der Waals surface area contributed by atoms with Crippen LogP contribution in [0.5, 0.6) is 0 Å². The molecule has 0 spiro atoms. The lowest BCUT2D eigenvalue weighted by atomic mass is 9.91. The van der Waals surface area contributed by atoms with Crippen LogP contribution in [0.2, 0.25) is 0 Å². The summed E-state index contributed by atoms with van der Waals surface area (Å²) in [5.74, 6) is 1.46. The third-order valence-corrected chi connectivity index (χ3v) is 3.99. The second-order valence-electron chi connectivity index (χ2n) is 4.86. The average Bonchev–Trinajstić information content (AvgIpc) is 2.36. The smallest absolute Gasteiger partial charge is 0.106 e. The second-order valence-corrected chi connectivity index (χ2v) is 6.01. The molecule has 0 saturated heterocycles. The highest BCUT2D eigenvalue weighted by atomic mass is 32.2. The van der Waals surface area contributed by atoms with Crippen LogP contribution in [0.4, 0.5) is 0 Å². The quantitative estimate of drug-likeness (QED) is 0.527. The first-order valence-electron chi connectivity index (χ1n) is 6.55. The predicted octanol–water partition coefficient (Wildman–Crippen LogP) is 1.52. The van der Waals surface area contributed by atoms with Gasteiger partial charge in [0.25, 0.3) is 0 Å². The van der Waals surface area contributed by atoms with E-state index in [1.807, 2.05) is 20.8 Å². The largest absolute Gasteiger partial charge is 0.394 e. The minimum Gasteiger partial charge on any atom is -0.394 e. The van der Waals surface area contributed by atoms with Crippen LogP contribution < -0.4 is 5.32 Å². The minimum atomic E-state index is -0.629. The molecule has 0 heterocycles. The van der Waals surface area contributed by atoms with Gasteiger partial charge in [-0.3, -0.25) is 5.32 Å². The van der Waals surface area contributed by atoms with Crippen molar-refractivity contribution in [3.8, 4) is 6.07 Å². The molecule has 0 aromatic carbocycles. The summed E-state index contributed by atoms with van der Waals surface area (Å²) in [6.45, 7) is 5.95. The summed E-state index contributed by atoms with van der Waals surface area (Å²) in [5.41, 5.74) is -0.426. The lowest BCUT2D eigenvalue weighted by Crippen LogP contribution is -2.47. The van der Waals surface area contributed by atoms with Gasteiger partial charge in [-0.25, -0.2) is 0 Å². The summed E-state index contributed by atoms with van der Waals surface area (Å²) in [7, 11) is 0. The van der Waals surface area contributed by atoms with Crippen molar-refractivity contribution in [2.45, 2.75) is 57.7 Å². The van der Waals surface area contributed by atoms with Crippen molar-refractivity contribution in [3.63, 3.8) is 0 Å². The molecular weight excluding hydrogens is 248 g/mol. The van der Waals surface area contributed by atoms with Gasteiger partial charge in [0.2, 0.25) is 0 Å². The topological polar surface area (TPSA) is 76.3 Å². The van der Waals surface area contributed by atoms with Crippen molar-refractivity contribution in [2.24, 2.45) is 0 Å². The van der Waals surface area contributed by atoms with E-state index in [1.165, 1.54) is 0 Å². The molecule has 0 rings (SSSR count). The molecule has 0 bridgehead atoms. The van der Waals surface area contributed by atoms with Crippen LogP contribution in [-0.4, -0.2) is 46.0 Å². The number of nitrogens with one attached hydrogen (secondary N) is 1. The van der Waals surface area contributed by atoms with Gasteiger partial charge >= 0.3 is 0 Å². The highest BCUT2D eigenvalue weighted by Crippen LogP contribution is 2.19.